The predicted molar refractivity (Wildman–Crippen MR) is 508 cm³/mol. The highest BCUT2D eigenvalue weighted by molar-refractivity contribution is 6.38. The molecule has 558 valence electrons. The average Bonchev–Trinajstić information content (AvgIpc) is 1.54. The van der Waals surface area contributed by atoms with E-state index in [0.29, 0.717) is 17.6 Å². The molecule has 0 spiro atoms. The Bertz CT molecular complexity index is 8700. The fraction of sp³-hybridized carbons (Fsp3) is 0. The van der Waals surface area contributed by atoms with E-state index in [-0.39, 0.29) is 0 Å². The van der Waals surface area contributed by atoms with Crippen molar-refractivity contribution in [2.75, 3.05) is 0 Å². The van der Waals surface area contributed by atoms with Crippen molar-refractivity contribution in [3.8, 4) is 118 Å². The fourth-order valence-electron chi connectivity index (χ4n) is 21.0. The predicted octanol–water partition coefficient (Wildman–Crippen LogP) is 30.6. The van der Waals surface area contributed by atoms with Gasteiger partial charge in [-0.2, -0.15) is 9.97 Å². The van der Waals surface area contributed by atoms with E-state index >= 15 is 0 Å². The molecule has 6 nitrogen and oxygen atoms in total. The second-order valence-electron chi connectivity index (χ2n) is 32.2. The van der Waals surface area contributed by atoms with Gasteiger partial charge in [0.1, 0.15) is 0 Å². The van der Waals surface area contributed by atoms with Gasteiger partial charge in [-0.3, -0.25) is 4.57 Å². The molecule has 0 saturated heterocycles. The van der Waals surface area contributed by atoms with Crippen molar-refractivity contribution in [1.82, 2.24) is 28.7 Å². The summed E-state index contributed by atoms with van der Waals surface area (Å²) in [6.07, 6.45) is 0. The van der Waals surface area contributed by atoms with Crippen LogP contribution < -0.4 is 0 Å². The summed E-state index contributed by atoms with van der Waals surface area (Å²) in [5, 5.41) is 25.9. The van der Waals surface area contributed by atoms with Crippen LogP contribution in [0.25, 0.3) is 259 Å². The first-order valence-electron chi connectivity index (χ1n) is 41.6. The first-order valence-corrected chi connectivity index (χ1v) is 41.6. The number of benzene rings is 21. The normalized spacial score (nSPS) is 12.1. The molecule has 25 aromatic rings. The van der Waals surface area contributed by atoms with E-state index in [2.05, 4.69) is 390 Å². The van der Waals surface area contributed by atoms with Crippen molar-refractivity contribution < 1.29 is 0 Å². The quantitative estimate of drug-likeness (QED) is 0.156. The minimum Gasteiger partial charge on any atom is -0.309 e. The first kappa shape index (κ1) is 67.1. The molecule has 3 aliphatic carbocycles. The summed E-state index contributed by atoms with van der Waals surface area (Å²) >= 11 is 0. The SMILES string of the molecule is c1ccc(-c2cccc(-n3c4cccc5c4c4c6c(cc7ccccc7c6ccc43)-c3ccccc3-5)c2)cc1.c1ccc(-c2nc(-c3ccccc3)nc(-n3c4cccc5c4c4c6c(cccc6ccc43)-c3c-5c4ccccc4c4ccccc34)n2)cc1.c1ccc(-n2c3cccc4c3c3c5c(cc6ccccc6c5ccc32)-c2ccccc2-4)cc1. The number of hydrogen-bond acceptors (Lipinski definition) is 3. The molecule has 0 atom stereocenters. The summed E-state index contributed by atoms with van der Waals surface area (Å²) in [6, 6.07) is 150. The number of fused-ring (bicyclic) bond motifs is 18. The molecule has 0 fully saturated rings. The zero-order valence-corrected chi connectivity index (χ0v) is 65.4. The van der Waals surface area contributed by atoms with Gasteiger partial charge in [0.25, 0.3) is 0 Å². The third-order valence-electron chi connectivity index (χ3n) is 26.0. The average molecular weight is 1530 g/mol. The van der Waals surface area contributed by atoms with Crippen molar-refractivity contribution in [2.24, 2.45) is 0 Å². The minimum atomic E-state index is 0.603. The highest BCUT2D eigenvalue weighted by Crippen LogP contribution is 2.57. The number of aromatic nitrogens is 6. The van der Waals surface area contributed by atoms with Gasteiger partial charge in [0, 0.05) is 65.6 Å². The highest BCUT2D eigenvalue weighted by Gasteiger charge is 2.32. The van der Waals surface area contributed by atoms with Crippen molar-refractivity contribution in [3.63, 3.8) is 0 Å². The molecule has 4 aromatic heterocycles. The molecular weight excluding hydrogens is 1470 g/mol. The topological polar surface area (TPSA) is 53.5 Å². The third kappa shape index (κ3) is 9.84. The Morgan fingerprint density at radius 2 is 0.496 bits per heavy atom. The number of rotatable bonds is 6. The van der Waals surface area contributed by atoms with Crippen molar-refractivity contribution in [2.45, 2.75) is 0 Å². The Hall–Kier alpha value is -16.2. The van der Waals surface area contributed by atoms with Crippen molar-refractivity contribution >= 4 is 141 Å². The van der Waals surface area contributed by atoms with Crippen molar-refractivity contribution in [1.29, 1.82) is 0 Å². The van der Waals surface area contributed by atoms with Gasteiger partial charge >= 0.3 is 0 Å². The monoisotopic (exact) mass is 1530 g/mol. The summed E-state index contributed by atoms with van der Waals surface area (Å²) in [6.45, 7) is 0. The molecule has 121 heavy (non-hydrogen) atoms. The van der Waals surface area contributed by atoms with Crippen LogP contribution in [0.1, 0.15) is 0 Å². The summed E-state index contributed by atoms with van der Waals surface area (Å²) in [7, 11) is 0. The molecule has 0 aliphatic heterocycles. The molecular formula is C115H68N6. The summed E-state index contributed by atoms with van der Waals surface area (Å²) in [5.74, 6) is 1.89. The van der Waals surface area contributed by atoms with E-state index in [1.165, 1.54) is 219 Å². The standard InChI is InChI=1S/C45H26N4.C38H23N.C32H19N/c1-3-13-28(14-4-1)43-46-44(29-15-5-2-6-16-29)48-45(47-43)49-36-24-12-23-35-40-33-21-10-8-19-31(33)30-18-7-9-20-32(30)39(40)34-22-11-17-27-25-26-37(49)42(38(27)34)41(35)36;1-2-10-24(11-3-1)25-13-8-14-27(22-25)39-34-19-9-18-31-29-16-6-7-17-30(29)33-23-26-12-4-5-15-28(26)32-20-21-35(39)38(36(32)33)37(31)34;1-2-10-21(11-3-1)33-28-16-8-15-25-23-13-6-7-14-24(23)27-19-20-9-4-5-12-22(20)26-17-18-29(33)32(30(26)27)31(25)28/h1-26H;1-23H;1-19H. The number of hydrogen-bond donors (Lipinski definition) is 0. The van der Waals surface area contributed by atoms with Gasteiger partial charge in [-0.15, -0.1) is 0 Å². The molecule has 0 bridgehead atoms. The molecule has 6 heteroatoms. The van der Waals surface area contributed by atoms with Gasteiger partial charge in [-0.05, 0) is 215 Å². The Kier molecular flexibility index (Phi) is 14.5. The lowest BCUT2D eigenvalue weighted by molar-refractivity contribution is 0.953. The molecule has 28 rings (SSSR count). The number of nitrogens with zero attached hydrogens (tertiary/aromatic N) is 6. The zero-order chi connectivity index (χ0) is 79.1. The maximum Gasteiger partial charge on any atom is 0.238 e. The van der Waals surface area contributed by atoms with Crippen LogP contribution in [-0.4, -0.2) is 28.7 Å². The van der Waals surface area contributed by atoms with E-state index in [9.17, 15) is 0 Å². The third-order valence-corrected chi connectivity index (χ3v) is 26.0. The highest BCUT2D eigenvalue weighted by atomic mass is 15.2. The lowest BCUT2D eigenvalue weighted by Gasteiger charge is -2.19. The Balaban J connectivity index is 0.0000000999. The van der Waals surface area contributed by atoms with Crippen LogP contribution in [0.15, 0.2) is 413 Å². The van der Waals surface area contributed by atoms with Crippen LogP contribution in [0.2, 0.25) is 0 Å². The van der Waals surface area contributed by atoms with Gasteiger partial charge < -0.3 is 9.13 Å². The molecule has 0 amide bonds. The van der Waals surface area contributed by atoms with Crippen LogP contribution in [0.4, 0.5) is 0 Å². The Morgan fingerprint density at radius 3 is 1.02 bits per heavy atom. The largest absolute Gasteiger partial charge is 0.309 e. The van der Waals surface area contributed by atoms with Gasteiger partial charge in [0.2, 0.25) is 5.95 Å². The van der Waals surface area contributed by atoms with E-state index < -0.39 is 0 Å². The van der Waals surface area contributed by atoms with E-state index in [1.54, 1.807) is 0 Å². The second kappa shape index (κ2) is 26.2. The maximum atomic E-state index is 5.20. The summed E-state index contributed by atoms with van der Waals surface area (Å²) < 4.78 is 7.15. The van der Waals surface area contributed by atoms with E-state index in [4.69, 9.17) is 15.0 Å². The minimum absolute atomic E-state index is 0.603. The van der Waals surface area contributed by atoms with Crippen LogP contribution in [0.3, 0.4) is 0 Å². The van der Waals surface area contributed by atoms with Crippen LogP contribution in [-0.2, 0) is 0 Å². The Labute approximate surface area is 695 Å². The summed E-state index contributed by atoms with van der Waals surface area (Å²) in [5.41, 5.74) is 29.4. The van der Waals surface area contributed by atoms with Gasteiger partial charge in [-0.1, -0.05) is 340 Å². The lowest BCUT2D eigenvalue weighted by atomic mass is 9.84. The number of para-hydroxylation sites is 1. The summed E-state index contributed by atoms with van der Waals surface area (Å²) in [4.78, 5) is 15.4. The van der Waals surface area contributed by atoms with Gasteiger partial charge in [0.05, 0.1) is 33.1 Å². The maximum absolute atomic E-state index is 5.20. The van der Waals surface area contributed by atoms with Gasteiger partial charge in [-0.25, -0.2) is 4.98 Å². The van der Waals surface area contributed by atoms with Crippen LogP contribution in [0, 0.1) is 0 Å². The molecule has 3 aliphatic rings. The molecule has 0 saturated carbocycles. The molecule has 0 radical (unpaired) electrons. The molecule has 0 unspecified atom stereocenters. The van der Waals surface area contributed by atoms with E-state index in [0.717, 1.165) is 22.2 Å². The molecule has 0 N–H and O–H groups in total. The van der Waals surface area contributed by atoms with Crippen LogP contribution >= 0.6 is 0 Å². The van der Waals surface area contributed by atoms with E-state index in [1.807, 2.05) is 36.4 Å². The fourth-order valence-corrected chi connectivity index (χ4v) is 21.0. The zero-order valence-electron chi connectivity index (χ0n) is 65.4. The lowest BCUT2D eigenvalue weighted by Crippen LogP contribution is -2.06. The van der Waals surface area contributed by atoms with Crippen molar-refractivity contribution in [3.05, 3.63) is 413 Å². The molecule has 21 aromatic carbocycles. The first-order chi connectivity index (χ1) is 60.1. The smallest absolute Gasteiger partial charge is 0.238 e. The molecule has 4 heterocycles. The Morgan fingerprint density at radius 1 is 0.157 bits per heavy atom. The second-order valence-corrected chi connectivity index (χ2v) is 32.2. The van der Waals surface area contributed by atoms with Crippen LogP contribution in [0.5, 0.6) is 0 Å². The van der Waals surface area contributed by atoms with Gasteiger partial charge in [0.15, 0.2) is 11.6 Å².